The summed E-state index contributed by atoms with van der Waals surface area (Å²) >= 11 is 0. The van der Waals surface area contributed by atoms with Gasteiger partial charge in [-0.2, -0.15) is 0 Å². The summed E-state index contributed by atoms with van der Waals surface area (Å²) in [6.45, 7) is 4.40. The largest absolute Gasteiger partial charge is 0.338 e. The standard InChI is InChI=1S/C17H21N5O2/c23-15-5-3-6-16(24)22(15)10-2-1-9-20-11-13-21(14-12-20)17-18-7-4-8-19-17/h4,7-8H,3,5-6,9-14H2. The average molecular weight is 327 g/mol. The van der Waals surface area contributed by atoms with Gasteiger partial charge in [-0.3, -0.25) is 19.4 Å². The second-order valence-corrected chi connectivity index (χ2v) is 5.89. The zero-order valence-electron chi connectivity index (χ0n) is 13.6. The quantitative estimate of drug-likeness (QED) is 0.581. The summed E-state index contributed by atoms with van der Waals surface area (Å²) in [5.41, 5.74) is 0. The number of anilines is 1. The van der Waals surface area contributed by atoms with Crippen molar-refractivity contribution in [2.45, 2.75) is 19.3 Å². The van der Waals surface area contributed by atoms with E-state index in [0.717, 1.165) is 32.1 Å². The van der Waals surface area contributed by atoms with Crippen LogP contribution >= 0.6 is 0 Å². The van der Waals surface area contributed by atoms with Gasteiger partial charge in [0, 0.05) is 51.4 Å². The number of carbonyl (C=O) groups is 2. The molecule has 0 unspecified atom stereocenters. The van der Waals surface area contributed by atoms with Crippen LogP contribution < -0.4 is 4.90 Å². The second kappa shape index (κ2) is 7.88. The molecule has 126 valence electrons. The smallest absolute Gasteiger partial charge is 0.230 e. The van der Waals surface area contributed by atoms with Crippen LogP contribution in [0.4, 0.5) is 5.95 Å². The summed E-state index contributed by atoms with van der Waals surface area (Å²) in [5.74, 6) is 6.61. The first kappa shape index (κ1) is 16.4. The Labute approximate surface area is 141 Å². The molecule has 1 aromatic rings. The molecule has 0 atom stereocenters. The van der Waals surface area contributed by atoms with E-state index in [0.29, 0.717) is 25.8 Å². The highest BCUT2D eigenvalue weighted by Crippen LogP contribution is 2.11. The minimum Gasteiger partial charge on any atom is -0.338 e. The molecular formula is C17H21N5O2. The third kappa shape index (κ3) is 4.09. The Morgan fingerprint density at radius 1 is 0.917 bits per heavy atom. The molecule has 7 heteroatoms. The Bertz CT molecular complexity index is 628. The number of imide groups is 1. The van der Waals surface area contributed by atoms with Crippen molar-refractivity contribution in [1.82, 2.24) is 19.8 Å². The number of likely N-dealkylation sites (tertiary alicyclic amines) is 1. The lowest BCUT2D eigenvalue weighted by Crippen LogP contribution is -2.47. The zero-order chi connectivity index (χ0) is 16.8. The molecule has 0 aliphatic carbocycles. The van der Waals surface area contributed by atoms with Crippen LogP contribution in [0.15, 0.2) is 18.5 Å². The molecule has 3 heterocycles. The number of amides is 2. The van der Waals surface area contributed by atoms with Crippen molar-refractivity contribution < 1.29 is 9.59 Å². The summed E-state index contributed by atoms with van der Waals surface area (Å²) in [6.07, 6.45) is 5.08. The van der Waals surface area contributed by atoms with Crippen LogP contribution in [-0.4, -0.2) is 70.9 Å². The maximum atomic E-state index is 11.7. The molecule has 0 aromatic carbocycles. The SMILES string of the molecule is O=C1CCCC(=O)N1CC#CCN1CCN(c2ncccn2)CC1. The topological polar surface area (TPSA) is 69.6 Å². The molecule has 2 amide bonds. The van der Waals surface area contributed by atoms with E-state index in [9.17, 15) is 9.59 Å². The van der Waals surface area contributed by atoms with E-state index in [1.54, 1.807) is 12.4 Å². The van der Waals surface area contributed by atoms with Crippen molar-refractivity contribution >= 4 is 17.8 Å². The Hall–Kier alpha value is -2.46. The van der Waals surface area contributed by atoms with E-state index < -0.39 is 0 Å². The van der Waals surface area contributed by atoms with E-state index in [4.69, 9.17) is 0 Å². The Balaban J connectivity index is 1.42. The van der Waals surface area contributed by atoms with Gasteiger partial charge in [-0.15, -0.1) is 0 Å². The van der Waals surface area contributed by atoms with Crippen LogP contribution in [0, 0.1) is 11.8 Å². The highest BCUT2D eigenvalue weighted by molar-refractivity contribution is 5.97. The molecule has 2 aliphatic rings. The van der Waals surface area contributed by atoms with Gasteiger partial charge in [0.05, 0.1) is 13.1 Å². The van der Waals surface area contributed by atoms with Crippen molar-refractivity contribution in [3.05, 3.63) is 18.5 Å². The molecule has 0 N–H and O–H groups in total. The Morgan fingerprint density at radius 3 is 2.21 bits per heavy atom. The van der Waals surface area contributed by atoms with Crippen LogP contribution in [0.2, 0.25) is 0 Å². The number of hydrogen-bond donors (Lipinski definition) is 0. The molecule has 2 saturated heterocycles. The van der Waals surface area contributed by atoms with Gasteiger partial charge in [0.2, 0.25) is 17.8 Å². The summed E-state index contributed by atoms with van der Waals surface area (Å²) < 4.78 is 0. The monoisotopic (exact) mass is 327 g/mol. The molecule has 0 saturated carbocycles. The van der Waals surface area contributed by atoms with Gasteiger partial charge in [-0.1, -0.05) is 11.8 Å². The molecular weight excluding hydrogens is 306 g/mol. The minimum atomic E-state index is -0.1000. The lowest BCUT2D eigenvalue weighted by Gasteiger charge is -2.33. The highest BCUT2D eigenvalue weighted by atomic mass is 16.2. The average Bonchev–Trinajstić information content (AvgIpc) is 2.62. The van der Waals surface area contributed by atoms with Gasteiger partial charge < -0.3 is 4.90 Å². The van der Waals surface area contributed by atoms with Crippen molar-refractivity contribution in [2.75, 3.05) is 44.2 Å². The Kier molecular flexibility index (Phi) is 5.39. The normalized spacial score (nSPS) is 19.2. The van der Waals surface area contributed by atoms with Crippen molar-refractivity contribution in [3.63, 3.8) is 0 Å². The fourth-order valence-corrected chi connectivity index (χ4v) is 2.84. The van der Waals surface area contributed by atoms with E-state index >= 15 is 0 Å². The van der Waals surface area contributed by atoms with Gasteiger partial charge in [0.25, 0.3) is 0 Å². The molecule has 0 spiro atoms. The van der Waals surface area contributed by atoms with Gasteiger partial charge >= 0.3 is 0 Å². The summed E-state index contributed by atoms with van der Waals surface area (Å²) in [5, 5.41) is 0. The third-order valence-corrected chi connectivity index (χ3v) is 4.26. The van der Waals surface area contributed by atoms with Crippen molar-refractivity contribution in [2.24, 2.45) is 0 Å². The first-order chi connectivity index (χ1) is 11.7. The summed E-state index contributed by atoms with van der Waals surface area (Å²) in [4.78, 5) is 37.6. The third-order valence-electron chi connectivity index (χ3n) is 4.26. The number of rotatable bonds is 3. The predicted molar refractivity (Wildman–Crippen MR) is 89.0 cm³/mol. The van der Waals surface area contributed by atoms with E-state index in [1.807, 2.05) is 6.07 Å². The number of hydrogen-bond acceptors (Lipinski definition) is 6. The van der Waals surface area contributed by atoms with Gasteiger partial charge in [-0.25, -0.2) is 9.97 Å². The molecule has 24 heavy (non-hydrogen) atoms. The van der Waals surface area contributed by atoms with Crippen molar-refractivity contribution in [3.8, 4) is 11.8 Å². The molecule has 0 radical (unpaired) electrons. The molecule has 7 nitrogen and oxygen atoms in total. The van der Waals surface area contributed by atoms with E-state index in [2.05, 4.69) is 31.6 Å². The number of piperidine rings is 1. The lowest BCUT2D eigenvalue weighted by molar-refractivity contribution is -0.147. The van der Waals surface area contributed by atoms with Gasteiger partial charge in [0.1, 0.15) is 0 Å². The molecule has 3 rings (SSSR count). The number of aromatic nitrogens is 2. The lowest BCUT2D eigenvalue weighted by atomic mass is 10.1. The minimum absolute atomic E-state index is 0.1000. The van der Waals surface area contributed by atoms with Crippen LogP contribution in [0.5, 0.6) is 0 Å². The van der Waals surface area contributed by atoms with E-state index in [1.165, 1.54) is 4.90 Å². The molecule has 0 bridgehead atoms. The van der Waals surface area contributed by atoms with Crippen LogP contribution in [0.1, 0.15) is 19.3 Å². The number of piperazine rings is 1. The molecule has 2 fully saturated rings. The second-order valence-electron chi connectivity index (χ2n) is 5.89. The van der Waals surface area contributed by atoms with Crippen LogP contribution in [0.25, 0.3) is 0 Å². The summed E-state index contributed by atoms with van der Waals surface area (Å²) in [7, 11) is 0. The van der Waals surface area contributed by atoms with Gasteiger partial charge in [-0.05, 0) is 12.5 Å². The van der Waals surface area contributed by atoms with E-state index in [-0.39, 0.29) is 18.4 Å². The fourth-order valence-electron chi connectivity index (χ4n) is 2.84. The Morgan fingerprint density at radius 2 is 1.54 bits per heavy atom. The van der Waals surface area contributed by atoms with Gasteiger partial charge in [0.15, 0.2) is 0 Å². The zero-order valence-corrected chi connectivity index (χ0v) is 13.6. The first-order valence-electron chi connectivity index (χ1n) is 8.27. The number of carbonyl (C=O) groups excluding carboxylic acids is 2. The number of nitrogens with zero attached hydrogens (tertiary/aromatic N) is 5. The summed E-state index contributed by atoms with van der Waals surface area (Å²) in [6, 6.07) is 1.81. The predicted octanol–water partition coefficient (Wildman–Crippen LogP) is 0.141. The van der Waals surface area contributed by atoms with Crippen LogP contribution in [-0.2, 0) is 9.59 Å². The first-order valence-corrected chi connectivity index (χ1v) is 8.27. The molecule has 2 aliphatic heterocycles. The fraction of sp³-hybridized carbons (Fsp3) is 0.529. The molecule has 1 aromatic heterocycles. The maximum absolute atomic E-state index is 11.7. The van der Waals surface area contributed by atoms with Crippen molar-refractivity contribution in [1.29, 1.82) is 0 Å². The maximum Gasteiger partial charge on any atom is 0.230 e. The van der Waals surface area contributed by atoms with Crippen LogP contribution in [0.3, 0.4) is 0 Å². The highest BCUT2D eigenvalue weighted by Gasteiger charge is 2.24.